The van der Waals surface area contributed by atoms with E-state index in [4.69, 9.17) is 9.47 Å². The highest BCUT2D eigenvalue weighted by atomic mass is 127. The van der Waals surface area contributed by atoms with Gasteiger partial charge in [0.15, 0.2) is 5.96 Å². The van der Waals surface area contributed by atoms with E-state index in [-0.39, 0.29) is 24.0 Å². The first-order chi connectivity index (χ1) is 12.4. The van der Waals surface area contributed by atoms with Crippen LogP contribution in [0.15, 0.2) is 48.0 Å². The minimum absolute atomic E-state index is 0. The van der Waals surface area contributed by atoms with Gasteiger partial charge in [-0.2, -0.15) is 0 Å². The molecule has 2 rings (SSSR count). The molecule has 2 N–H and O–H groups in total. The first kappa shape index (κ1) is 22.9. The molecular formula is C20H32IN3O2. The summed E-state index contributed by atoms with van der Waals surface area (Å²) in [4.78, 5) is 4.66. The number of unbranched alkanes of at least 4 members (excludes halogenated alkanes) is 1. The zero-order valence-electron chi connectivity index (χ0n) is 15.5. The Morgan fingerprint density at radius 2 is 2.00 bits per heavy atom. The fraction of sp³-hybridized carbons (Fsp3) is 0.550. The first-order valence-electron chi connectivity index (χ1n) is 9.23. The van der Waals surface area contributed by atoms with Crippen LogP contribution in [0.5, 0.6) is 0 Å². The largest absolute Gasteiger partial charge is 0.381 e. The van der Waals surface area contributed by atoms with Crippen LogP contribution in [0.3, 0.4) is 0 Å². The van der Waals surface area contributed by atoms with Crippen molar-refractivity contribution in [1.29, 1.82) is 0 Å². The molecule has 1 saturated heterocycles. The fourth-order valence-electron chi connectivity index (χ4n) is 2.63. The van der Waals surface area contributed by atoms with Gasteiger partial charge in [-0.1, -0.05) is 36.4 Å². The van der Waals surface area contributed by atoms with Crippen molar-refractivity contribution in [3.63, 3.8) is 0 Å². The third-order valence-electron chi connectivity index (χ3n) is 4.05. The van der Waals surface area contributed by atoms with Gasteiger partial charge in [-0.05, 0) is 31.2 Å². The second-order valence-electron chi connectivity index (χ2n) is 6.18. The molecule has 6 heteroatoms. The molecule has 1 aromatic rings. The van der Waals surface area contributed by atoms with Crippen LogP contribution in [0.2, 0.25) is 0 Å². The number of benzene rings is 1. The van der Waals surface area contributed by atoms with Gasteiger partial charge < -0.3 is 20.1 Å². The molecule has 0 unspecified atom stereocenters. The first-order valence-corrected chi connectivity index (χ1v) is 9.23. The molecule has 5 nitrogen and oxygen atoms in total. The second-order valence-corrected chi connectivity index (χ2v) is 6.18. The third kappa shape index (κ3) is 10.1. The maximum Gasteiger partial charge on any atom is 0.191 e. The molecule has 26 heavy (non-hydrogen) atoms. The van der Waals surface area contributed by atoms with Crippen molar-refractivity contribution in [2.45, 2.75) is 38.3 Å². The number of halogens is 1. The van der Waals surface area contributed by atoms with Crippen molar-refractivity contribution >= 4 is 29.9 Å². The number of rotatable bonds is 10. The molecule has 0 amide bonds. The van der Waals surface area contributed by atoms with E-state index in [0.29, 0.717) is 12.6 Å². The summed E-state index contributed by atoms with van der Waals surface area (Å²) >= 11 is 0. The van der Waals surface area contributed by atoms with Crippen molar-refractivity contribution in [3.8, 4) is 0 Å². The summed E-state index contributed by atoms with van der Waals surface area (Å²) in [5.74, 6) is 0.872. The van der Waals surface area contributed by atoms with Crippen molar-refractivity contribution in [2.75, 3.05) is 32.9 Å². The van der Waals surface area contributed by atoms with E-state index in [0.717, 1.165) is 64.6 Å². The Labute approximate surface area is 174 Å². The lowest BCUT2D eigenvalue weighted by Gasteiger charge is -2.25. The minimum atomic E-state index is 0. The Hall–Kier alpha value is -1.12. The molecule has 0 aromatic heterocycles. The molecule has 1 aliphatic heterocycles. The van der Waals surface area contributed by atoms with Crippen molar-refractivity contribution in [3.05, 3.63) is 48.6 Å². The van der Waals surface area contributed by atoms with Gasteiger partial charge in [0.25, 0.3) is 0 Å². The monoisotopic (exact) mass is 473 g/mol. The van der Waals surface area contributed by atoms with Gasteiger partial charge in [-0.25, -0.2) is 0 Å². The van der Waals surface area contributed by atoms with E-state index in [2.05, 4.69) is 34.3 Å². The normalized spacial score (nSPS) is 15.2. The average molecular weight is 473 g/mol. The maximum atomic E-state index is 5.71. The van der Waals surface area contributed by atoms with Crippen LogP contribution in [0.25, 0.3) is 0 Å². The van der Waals surface area contributed by atoms with Gasteiger partial charge in [0.05, 0.1) is 6.61 Å². The molecule has 146 valence electrons. The van der Waals surface area contributed by atoms with E-state index < -0.39 is 0 Å². The minimum Gasteiger partial charge on any atom is -0.381 e. The van der Waals surface area contributed by atoms with Gasteiger partial charge in [0.1, 0.15) is 0 Å². The molecule has 1 fully saturated rings. The van der Waals surface area contributed by atoms with Crippen molar-refractivity contribution in [1.82, 2.24) is 10.6 Å². The Morgan fingerprint density at radius 1 is 1.23 bits per heavy atom. The van der Waals surface area contributed by atoms with Crippen LogP contribution in [-0.2, 0) is 16.1 Å². The summed E-state index contributed by atoms with van der Waals surface area (Å²) in [5, 5.41) is 6.78. The quantitative estimate of drug-likeness (QED) is 0.180. The predicted molar refractivity (Wildman–Crippen MR) is 118 cm³/mol. The number of hydrogen-bond acceptors (Lipinski definition) is 3. The lowest BCUT2D eigenvalue weighted by molar-refractivity contribution is 0.0822. The zero-order chi connectivity index (χ0) is 17.6. The molecule has 0 spiro atoms. The highest BCUT2D eigenvalue weighted by Crippen LogP contribution is 2.06. The molecule has 1 heterocycles. The maximum absolute atomic E-state index is 5.71. The molecule has 1 aromatic carbocycles. The molecule has 1 aliphatic rings. The Bertz CT molecular complexity index is 505. The van der Waals surface area contributed by atoms with E-state index in [1.165, 1.54) is 5.56 Å². The number of nitrogens with one attached hydrogen (secondary N) is 2. The molecule has 0 saturated carbocycles. The van der Waals surface area contributed by atoms with Crippen LogP contribution in [-0.4, -0.2) is 44.9 Å². The van der Waals surface area contributed by atoms with Crippen LogP contribution in [0, 0.1) is 0 Å². The van der Waals surface area contributed by atoms with E-state index in [9.17, 15) is 0 Å². The Morgan fingerprint density at radius 3 is 2.73 bits per heavy atom. The highest BCUT2D eigenvalue weighted by molar-refractivity contribution is 14.0. The lowest BCUT2D eigenvalue weighted by atomic mass is 10.1. The molecule has 0 radical (unpaired) electrons. The number of ether oxygens (including phenoxy) is 2. The highest BCUT2D eigenvalue weighted by Gasteiger charge is 2.14. The SMILES string of the molecule is C=CCNC(=NCCCCOCc1ccccc1)NC1CCOCC1.I. The standard InChI is InChI=1S/C20H31N3O2.HI/c1-2-12-21-20(23-19-10-15-24-16-11-19)22-13-6-7-14-25-17-18-8-4-3-5-9-18;/h2-5,8-9,19H,1,6-7,10-17H2,(H2,21,22,23);1H. The predicted octanol–water partition coefficient (Wildman–Crippen LogP) is 3.50. The fourth-order valence-corrected chi connectivity index (χ4v) is 2.63. The smallest absolute Gasteiger partial charge is 0.191 e. The summed E-state index contributed by atoms with van der Waals surface area (Å²) < 4.78 is 11.1. The molecular weight excluding hydrogens is 441 g/mol. The summed E-state index contributed by atoms with van der Waals surface area (Å²) in [6, 6.07) is 10.7. The Kier molecular flexibility index (Phi) is 13.2. The summed E-state index contributed by atoms with van der Waals surface area (Å²) in [6.45, 7) is 8.37. The number of hydrogen-bond donors (Lipinski definition) is 2. The van der Waals surface area contributed by atoms with E-state index in [1.54, 1.807) is 0 Å². The third-order valence-corrected chi connectivity index (χ3v) is 4.05. The average Bonchev–Trinajstić information content (AvgIpc) is 2.66. The number of nitrogens with zero attached hydrogens (tertiary/aromatic N) is 1. The second kappa shape index (κ2) is 15.0. The Balaban J connectivity index is 0.00000338. The summed E-state index contributed by atoms with van der Waals surface area (Å²) in [7, 11) is 0. The zero-order valence-corrected chi connectivity index (χ0v) is 17.8. The molecule has 0 aliphatic carbocycles. The molecule has 0 bridgehead atoms. The van der Waals surface area contributed by atoms with Crippen LogP contribution in [0.4, 0.5) is 0 Å². The lowest BCUT2D eigenvalue weighted by Crippen LogP contribution is -2.45. The van der Waals surface area contributed by atoms with Crippen LogP contribution in [0.1, 0.15) is 31.2 Å². The van der Waals surface area contributed by atoms with Gasteiger partial charge in [-0.3, -0.25) is 4.99 Å². The van der Waals surface area contributed by atoms with E-state index in [1.807, 2.05) is 24.3 Å². The number of aliphatic imine (C=N–C) groups is 1. The molecule has 0 atom stereocenters. The van der Waals surface area contributed by atoms with Gasteiger partial charge in [0, 0.05) is 39.0 Å². The van der Waals surface area contributed by atoms with Gasteiger partial charge in [0.2, 0.25) is 0 Å². The van der Waals surface area contributed by atoms with Gasteiger partial charge in [-0.15, -0.1) is 30.6 Å². The van der Waals surface area contributed by atoms with Gasteiger partial charge >= 0.3 is 0 Å². The van der Waals surface area contributed by atoms with Crippen molar-refractivity contribution in [2.24, 2.45) is 4.99 Å². The van der Waals surface area contributed by atoms with Crippen molar-refractivity contribution < 1.29 is 9.47 Å². The topological polar surface area (TPSA) is 54.9 Å². The summed E-state index contributed by atoms with van der Waals surface area (Å²) in [5.41, 5.74) is 1.22. The summed E-state index contributed by atoms with van der Waals surface area (Å²) in [6.07, 6.45) is 5.94. The van der Waals surface area contributed by atoms with E-state index >= 15 is 0 Å². The van der Waals surface area contributed by atoms with Crippen LogP contribution < -0.4 is 10.6 Å². The number of guanidine groups is 1. The van der Waals surface area contributed by atoms with Crippen LogP contribution >= 0.6 is 24.0 Å².